The average molecular weight is 282 g/mol. The molecule has 0 aromatic heterocycles. The van der Waals surface area contributed by atoms with Gasteiger partial charge < -0.3 is 5.11 Å². The number of rotatable bonds is 4. The first-order valence-corrected chi connectivity index (χ1v) is 6.60. The zero-order chi connectivity index (χ0) is 15.2. The zero-order valence-electron chi connectivity index (χ0n) is 11.6. The third-order valence-electron chi connectivity index (χ3n) is 3.19. The van der Waals surface area contributed by atoms with E-state index >= 15 is 0 Å². The topological polar surface area (TPSA) is 37.3 Å². The fraction of sp³-hybridized carbons (Fsp3) is 0.167. The van der Waals surface area contributed by atoms with Crippen molar-refractivity contribution in [1.29, 1.82) is 0 Å². The van der Waals surface area contributed by atoms with Gasteiger partial charge in [0.1, 0.15) is 5.82 Å². The molecule has 1 unspecified atom stereocenters. The Morgan fingerprint density at radius 2 is 1.62 bits per heavy atom. The van der Waals surface area contributed by atoms with Crippen LogP contribution in [-0.2, 0) is 4.79 Å². The number of hydrogen-bond donors (Lipinski definition) is 1. The second-order valence-electron chi connectivity index (χ2n) is 4.67. The van der Waals surface area contributed by atoms with Crippen LogP contribution in [0, 0.1) is 17.7 Å². The molecule has 2 aromatic carbocycles. The predicted molar refractivity (Wildman–Crippen MR) is 80.3 cm³/mol. The molecule has 0 saturated carbocycles. The summed E-state index contributed by atoms with van der Waals surface area (Å²) in [6.45, 7) is 1.70. The predicted octanol–water partition coefficient (Wildman–Crippen LogP) is 4.07. The van der Waals surface area contributed by atoms with Crippen LogP contribution in [0.1, 0.15) is 24.8 Å². The Hall–Kier alpha value is -2.60. The standard InChI is InChI=1S/C18H15FO2/c1-2-3-16(12-18(20)21)15-6-4-13(5-7-15)14-8-10-17(19)11-9-14/h4-11,16H,12H2,1H3,(H,20,21). The highest BCUT2D eigenvalue weighted by atomic mass is 19.1. The van der Waals surface area contributed by atoms with E-state index in [1.54, 1.807) is 19.1 Å². The number of aliphatic carboxylic acids is 1. The molecule has 0 radical (unpaired) electrons. The van der Waals surface area contributed by atoms with Gasteiger partial charge in [0.25, 0.3) is 0 Å². The van der Waals surface area contributed by atoms with Crippen molar-refractivity contribution in [1.82, 2.24) is 0 Å². The summed E-state index contributed by atoms with van der Waals surface area (Å²) >= 11 is 0. The monoisotopic (exact) mass is 282 g/mol. The van der Waals surface area contributed by atoms with Crippen LogP contribution in [0.15, 0.2) is 48.5 Å². The van der Waals surface area contributed by atoms with E-state index in [9.17, 15) is 9.18 Å². The third kappa shape index (κ3) is 3.93. The molecule has 0 heterocycles. The Morgan fingerprint density at radius 1 is 1.10 bits per heavy atom. The van der Waals surface area contributed by atoms with E-state index in [-0.39, 0.29) is 18.2 Å². The Bertz CT molecular complexity index is 676. The van der Waals surface area contributed by atoms with Gasteiger partial charge in [-0.3, -0.25) is 4.79 Å². The molecule has 2 nitrogen and oxygen atoms in total. The van der Waals surface area contributed by atoms with E-state index in [4.69, 9.17) is 5.11 Å². The molecule has 21 heavy (non-hydrogen) atoms. The van der Waals surface area contributed by atoms with Crippen LogP contribution in [0.2, 0.25) is 0 Å². The van der Waals surface area contributed by atoms with Gasteiger partial charge in [0, 0.05) is 0 Å². The maximum atomic E-state index is 12.9. The van der Waals surface area contributed by atoms with Crippen molar-refractivity contribution in [2.45, 2.75) is 19.3 Å². The van der Waals surface area contributed by atoms with Crippen molar-refractivity contribution < 1.29 is 14.3 Å². The SMILES string of the molecule is CC#CC(CC(=O)O)c1ccc(-c2ccc(F)cc2)cc1. The fourth-order valence-electron chi connectivity index (χ4n) is 2.15. The van der Waals surface area contributed by atoms with E-state index in [1.165, 1.54) is 12.1 Å². The smallest absolute Gasteiger partial charge is 0.304 e. The van der Waals surface area contributed by atoms with Gasteiger partial charge in [-0.1, -0.05) is 42.3 Å². The molecule has 1 atom stereocenters. The number of carboxylic acid groups (broad SMARTS) is 1. The zero-order valence-corrected chi connectivity index (χ0v) is 11.6. The summed E-state index contributed by atoms with van der Waals surface area (Å²) in [5, 5.41) is 8.93. The number of carboxylic acids is 1. The maximum Gasteiger partial charge on any atom is 0.304 e. The molecule has 0 aliphatic carbocycles. The van der Waals surface area contributed by atoms with Crippen molar-refractivity contribution >= 4 is 5.97 Å². The van der Waals surface area contributed by atoms with Crippen LogP contribution in [0.3, 0.4) is 0 Å². The molecule has 2 rings (SSSR count). The lowest BCUT2D eigenvalue weighted by Crippen LogP contribution is -2.04. The second kappa shape index (κ2) is 6.71. The first kappa shape index (κ1) is 14.8. The summed E-state index contributed by atoms with van der Waals surface area (Å²) in [4.78, 5) is 10.9. The molecule has 3 heteroatoms. The molecule has 0 spiro atoms. The number of benzene rings is 2. The Morgan fingerprint density at radius 3 is 2.10 bits per heavy atom. The molecule has 0 bridgehead atoms. The molecule has 106 valence electrons. The van der Waals surface area contributed by atoms with Gasteiger partial charge in [-0.25, -0.2) is 4.39 Å². The lowest BCUT2D eigenvalue weighted by atomic mass is 9.94. The van der Waals surface area contributed by atoms with Crippen molar-refractivity contribution in [2.24, 2.45) is 0 Å². The Labute approximate surface area is 123 Å². The summed E-state index contributed by atoms with van der Waals surface area (Å²) in [6.07, 6.45) is -0.0171. The van der Waals surface area contributed by atoms with Gasteiger partial charge in [-0.2, -0.15) is 0 Å². The molecular formula is C18H15FO2. The lowest BCUT2D eigenvalue weighted by molar-refractivity contribution is -0.137. The minimum Gasteiger partial charge on any atom is -0.481 e. The Balaban J connectivity index is 2.26. The summed E-state index contributed by atoms with van der Waals surface area (Å²) in [6, 6.07) is 13.8. The number of halogens is 1. The molecule has 0 aliphatic heterocycles. The third-order valence-corrected chi connectivity index (χ3v) is 3.19. The first-order chi connectivity index (χ1) is 10.1. The quantitative estimate of drug-likeness (QED) is 0.858. The lowest BCUT2D eigenvalue weighted by Gasteiger charge is -2.10. The van der Waals surface area contributed by atoms with Gasteiger partial charge >= 0.3 is 5.97 Å². The summed E-state index contributed by atoms with van der Waals surface area (Å²) in [5.41, 5.74) is 2.74. The van der Waals surface area contributed by atoms with Gasteiger partial charge in [-0.05, 0) is 35.7 Å². The maximum absolute atomic E-state index is 12.9. The van der Waals surface area contributed by atoms with Gasteiger partial charge in [0.15, 0.2) is 0 Å². The van der Waals surface area contributed by atoms with Crippen molar-refractivity contribution in [3.8, 4) is 23.0 Å². The van der Waals surface area contributed by atoms with Crippen LogP contribution >= 0.6 is 0 Å². The molecule has 0 saturated heterocycles. The van der Waals surface area contributed by atoms with Crippen LogP contribution < -0.4 is 0 Å². The molecule has 2 aromatic rings. The van der Waals surface area contributed by atoms with Crippen molar-refractivity contribution in [3.63, 3.8) is 0 Å². The minimum absolute atomic E-state index is 0.0171. The van der Waals surface area contributed by atoms with E-state index < -0.39 is 5.97 Å². The highest BCUT2D eigenvalue weighted by Gasteiger charge is 2.13. The van der Waals surface area contributed by atoms with Gasteiger partial charge in [-0.15, -0.1) is 5.92 Å². The summed E-state index contributed by atoms with van der Waals surface area (Å²) in [5.74, 6) is 4.24. The number of carbonyl (C=O) groups is 1. The minimum atomic E-state index is -0.870. The molecule has 0 aliphatic rings. The van der Waals surface area contributed by atoms with E-state index in [1.807, 2.05) is 24.3 Å². The normalized spacial score (nSPS) is 11.3. The molecule has 0 amide bonds. The molecule has 1 N–H and O–H groups in total. The Kier molecular flexibility index (Phi) is 4.73. The number of hydrogen-bond acceptors (Lipinski definition) is 1. The largest absolute Gasteiger partial charge is 0.481 e. The van der Waals surface area contributed by atoms with E-state index in [0.29, 0.717) is 0 Å². The molecular weight excluding hydrogens is 267 g/mol. The van der Waals surface area contributed by atoms with Crippen LogP contribution in [0.25, 0.3) is 11.1 Å². The fourth-order valence-corrected chi connectivity index (χ4v) is 2.15. The van der Waals surface area contributed by atoms with Crippen LogP contribution in [0.4, 0.5) is 4.39 Å². The van der Waals surface area contributed by atoms with Crippen LogP contribution in [-0.4, -0.2) is 11.1 Å². The van der Waals surface area contributed by atoms with E-state index in [2.05, 4.69) is 11.8 Å². The van der Waals surface area contributed by atoms with E-state index in [0.717, 1.165) is 16.7 Å². The van der Waals surface area contributed by atoms with Gasteiger partial charge in [0.05, 0.1) is 12.3 Å². The second-order valence-corrected chi connectivity index (χ2v) is 4.67. The van der Waals surface area contributed by atoms with Gasteiger partial charge in [0.2, 0.25) is 0 Å². The first-order valence-electron chi connectivity index (χ1n) is 6.60. The highest BCUT2D eigenvalue weighted by molar-refractivity contribution is 5.69. The highest BCUT2D eigenvalue weighted by Crippen LogP contribution is 2.24. The average Bonchev–Trinajstić information content (AvgIpc) is 2.47. The summed E-state index contributed by atoms with van der Waals surface area (Å²) < 4.78 is 12.9. The summed E-state index contributed by atoms with van der Waals surface area (Å²) in [7, 11) is 0. The van der Waals surface area contributed by atoms with Crippen LogP contribution in [0.5, 0.6) is 0 Å². The van der Waals surface area contributed by atoms with Crippen molar-refractivity contribution in [3.05, 3.63) is 59.9 Å². The van der Waals surface area contributed by atoms with Crippen molar-refractivity contribution in [2.75, 3.05) is 0 Å². The molecule has 0 fully saturated rings.